The van der Waals surface area contributed by atoms with E-state index < -0.39 is 0 Å². The van der Waals surface area contributed by atoms with Crippen LogP contribution in [0.4, 0.5) is 0 Å². The molecule has 0 fully saturated rings. The molecule has 0 spiro atoms. The SMILES string of the molecule is C/C=C\C=C1\C=CC(N)=CC1. The lowest BCUT2D eigenvalue weighted by Gasteiger charge is -2.03. The summed E-state index contributed by atoms with van der Waals surface area (Å²) in [5, 5.41) is 0. The van der Waals surface area contributed by atoms with Gasteiger partial charge in [0, 0.05) is 5.70 Å². The van der Waals surface area contributed by atoms with Crippen molar-refractivity contribution in [3.05, 3.63) is 47.7 Å². The van der Waals surface area contributed by atoms with Crippen LogP contribution >= 0.6 is 0 Å². The highest BCUT2D eigenvalue weighted by Crippen LogP contribution is 2.12. The van der Waals surface area contributed by atoms with E-state index in [1.807, 2.05) is 31.2 Å². The molecule has 0 aliphatic heterocycles. The Labute approximate surface area is 67.6 Å². The predicted molar refractivity (Wildman–Crippen MR) is 48.9 cm³/mol. The quantitative estimate of drug-likeness (QED) is 0.605. The van der Waals surface area contributed by atoms with Crippen LogP contribution in [0.1, 0.15) is 13.3 Å². The minimum absolute atomic E-state index is 0.864. The molecule has 0 saturated heterocycles. The van der Waals surface area contributed by atoms with E-state index in [2.05, 4.69) is 12.2 Å². The summed E-state index contributed by atoms with van der Waals surface area (Å²) in [6, 6.07) is 0. The summed E-state index contributed by atoms with van der Waals surface area (Å²) in [6.45, 7) is 2.01. The van der Waals surface area contributed by atoms with Crippen molar-refractivity contribution in [1.82, 2.24) is 0 Å². The molecule has 0 saturated carbocycles. The van der Waals surface area contributed by atoms with Crippen molar-refractivity contribution in [2.24, 2.45) is 5.73 Å². The highest BCUT2D eigenvalue weighted by molar-refractivity contribution is 5.35. The van der Waals surface area contributed by atoms with Crippen molar-refractivity contribution in [1.29, 1.82) is 0 Å². The van der Waals surface area contributed by atoms with Gasteiger partial charge in [-0.2, -0.15) is 0 Å². The van der Waals surface area contributed by atoms with Crippen molar-refractivity contribution in [2.45, 2.75) is 13.3 Å². The van der Waals surface area contributed by atoms with Crippen LogP contribution in [-0.4, -0.2) is 0 Å². The van der Waals surface area contributed by atoms with Crippen molar-refractivity contribution in [2.75, 3.05) is 0 Å². The molecule has 0 heterocycles. The van der Waals surface area contributed by atoms with Crippen molar-refractivity contribution in [3.63, 3.8) is 0 Å². The monoisotopic (exact) mass is 147 g/mol. The Bertz CT molecular complexity index is 242. The zero-order valence-corrected chi connectivity index (χ0v) is 6.75. The lowest BCUT2D eigenvalue weighted by atomic mass is 10.1. The van der Waals surface area contributed by atoms with Gasteiger partial charge in [-0.3, -0.25) is 0 Å². The summed E-state index contributed by atoms with van der Waals surface area (Å²) in [5.74, 6) is 0. The molecule has 1 heteroatoms. The maximum absolute atomic E-state index is 5.55. The second-order valence-corrected chi connectivity index (χ2v) is 2.51. The fraction of sp³-hybridized carbons (Fsp3) is 0.200. The van der Waals surface area contributed by atoms with Gasteiger partial charge >= 0.3 is 0 Å². The maximum atomic E-state index is 5.55. The molecule has 0 aromatic rings. The molecular formula is C10H13N. The average molecular weight is 147 g/mol. The minimum Gasteiger partial charge on any atom is -0.399 e. The van der Waals surface area contributed by atoms with Gasteiger partial charge in [-0.05, 0) is 25.0 Å². The smallest absolute Gasteiger partial charge is 0.0276 e. The van der Waals surface area contributed by atoms with Crippen LogP contribution in [0.5, 0.6) is 0 Å². The first-order valence-electron chi connectivity index (χ1n) is 3.78. The van der Waals surface area contributed by atoms with Crippen molar-refractivity contribution < 1.29 is 0 Å². The van der Waals surface area contributed by atoms with Gasteiger partial charge in [-0.15, -0.1) is 0 Å². The normalized spacial score (nSPS) is 21.2. The highest BCUT2D eigenvalue weighted by atomic mass is 14.6. The lowest BCUT2D eigenvalue weighted by molar-refractivity contribution is 1.20. The van der Waals surface area contributed by atoms with E-state index in [0.29, 0.717) is 0 Å². The molecule has 0 aromatic heterocycles. The largest absolute Gasteiger partial charge is 0.399 e. The molecule has 58 valence electrons. The van der Waals surface area contributed by atoms with Crippen molar-refractivity contribution in [3.8, 4) is 0 Å². The lowest BCUT2D eigenvalue weighted by Crippen LogP contribution is -1.96. The summed E-state index contributed by atoms with van der Waals surface area (Å²) in [7, 11) is 0. The Hall–Kier alpha value is -1.24. The van der Waals surface area contributed by atoms with E-state index in [1.165, 1.54) is 5.57 Å². The fourth-order valence-corrected chi connectivity index (χ4v) is 0.918. The van der Waals surface area contributed by atoms with Gasteiger partial charge in [-0.25, -0.2) is 0 Å². The predicted octanol–water partition coefficient (Wildman–Crippen LogP) is 2.29. The third-order valence-corrected chi connectivity index (χ3v) is 1.57. The van der Waals surface area contributed by atoms with Crippen LogP contribution in [-0.2, 0) is 0 Å². The first-order valence-corrected chi connectivity index (χ1v) is 3.78. The van der Waals surface area contributed by atoms with E-state index in [4.69, 9.17) is 5.73 Å². The van der Waals surface area contributed by atoms with Gasteiger partial charge in [0.15, 0.2) is 0 Å². The molecule has 0 radical (unpaired) electrons. The van der Waals surface area contributed by atoms with E-state index in [0.717, 1.165) is 12.1 Å². The summed E-state index contributed by atoms with van der Waals surface area (Å²) < 4.78 is 0. The number of nitrogens with two attached hydrogens (primary N) is 1. The first kappa shape index (κ1) is 7.86. The number of hydrogen-bond acceptors (Lipinski definition) is 1. The van der Waals surface area contributed by atoms with Gasteiger partial charge in [0.05, 0.1) is 0 Å². The highest BCUT2D eigenvalue weighted by Gasteiger charge is 1.94. The van der Waals surface area contributed by atoms with E-state index >= 15 is 0 Å². The van der Waals surface area contributed by atoms with Crippen molar-refractivity contribution >= 4 is 0 Å². The zero-order valence-electron chi connectivity index (χ0n) is 6.75. The molecule has 0 aromatic carbocycles. The zero-order chi connectivity index (χ0) is 8.10. The summed E-state index contributed by atoms with van der Waals surface area (Å²) in [4.78, 5) is 0. The Morgan fingerprint density at radius 3 is 2.82 bits per heavy atom. The Morgan fingerprint density at radius 2 is 2.27 bits per heavy atom. The van der Waals surface area contributed by atoms with Crippen LogP contribution in [0, 0.1) is 0 Å². The number of rotatable bonds is 1. The Kier molecular flexibility index (Phi) is 2.73. The maximum Gasteiger partial charge on any atom is 0.0276 e. The Morgan fingerprint density at radius 1 is 1.45 bits per heavy atom. The molecule has 2 N–H and O–H groups in total. The molecule has 11 heavy (non-hydrogen) atoms. The third kappa shape index (κ3) is 2.46. The van der Waals surface area contributed by atoms with Gasteiger partial charge in [0.2, 0.25) is 0 Å². The molecule has 0 atom stereocenters. The molecule has 0 amide bonds. The molecule has 1 aliphatic carbocycles. The second kappa shape index (κ2) is 3.81. The molecule has 0 bridgehead atoms. The van der Waals surface area contributed by atoms with Crippen LogP contribution < -0.4 is 5.73 Å². The van der Waals surface area contributed by atoms with Gasteiger partial charge < -0.3 is 5.73 Å². The first-order chi connectivity index (χ1) is 5.33. The van der Waals surface area contributed by atoms with E-state index in [9.17, 15) is 0 Å². The average Bonchev–Trinajstić information content (AvgIpc) is 2.04. The standard InChI is InChI=1S/C10H13N/c1-2-3-4-9-5-7-10(11)8-6-9/h2-5,7-8H,6,11H2,1H3/b3-2-,9-4-. The van der Waals surface area contributed by atoms with Crippen LogP contribution in [0.2, 0.25) is 0 Å². The summed E-state index contributed by atoms with van der Waals surface area (Å²) in [5.41, 5.74) is 7.72. The second-order valence-electron chi connectivity index (χ2n) is 2.51. The molecule has 0 unspecified atom stereocenters. The van der Waals surface area contributed by atoms with E-state index in [-0.39, 0.29) is 0 Å². The Balaban J connectivity index is 2.62. The number of hydrogen-bond donors (Lipinski definition) is 1. The van der Waals surface area contributed by atoms with E-state index in [1.54, 1.807) is 0 Å². The third-order valence-electron chi connectivity index (χ3n) is 1.57. The van der Waals surface area contributed by atoms with Gasteiger partial charge in [0.25, 0.3) is 0 Å². The van der Waals surface area contributed by atoms with Gasteiger partial charge in [0.1, 0.15) is 0 Å². The molecule has 1 nitrogen and oxygen atoms in total. The molecule has 1 aliphatic rings. The van der Waals surface area contributed by atoms with Gasteiger partial charge in [-0.1, -0.05) is 30.4 Å². The summed E-state index contributed by atoms with van der Waals surface area (Å²) in [6.07, 6.45) is 13.1. The topological polar surface area (TPSA) is 26.0 Å². The summed E-state index contributed by atoms with van der Waals surface area (Å²) >= 11 is 0. The minimum atomic E-state index is 0.864. The van der Waals surface area contributed by atoms with Crippen LogP contribution in [0.25, 0.3) is 0 Å². The fourth-order valence-electron chi connectivity index (χ4n) is 0.918. The molecular weight excluding hydrogens is 134 g/mol. The molecule has 1 rings (SSSR count). The van der Waals surface area contributed by atoms with Crippen LogP contribution in [0.3, 0.4) is 0 Å². The van der Waals surface area contributed by atoms with Crippen LogP contribution in [0.15, 0.2) is 47.7 Å². The number of allylic oxidation sites excluding steroid dienone is 7.